The average molecular weight is 576 g/mol. The molecule has 216 valence electrons. The van der Waals surface area contributed by atoms with Crippen LogP contribution in [0.1, 0.15) is 24.1 Å². The Hall–Kier alpha value is -5.16. The number of aromatic nitrogens is 6. The van der Waals surface area contributed by atoms with Crippen molar-refractivity contribution in [1.29, 1.82) is 0 Å². The normalized spacial score (nSPS) is 14.0. The van der Waals surface area contributed by atoms with Crippen molar-refractivity contribution in [1.82, 2.24) is 34.4 Å². The predicted octanol–water partition coefficient (Wildman–Crippen LogP) is 5.69. The second kappa shape index (κ2) is 11.6. The quantitative estimate of drug-likeness (QED) is 0.233. The van der Waals surface area contributed by atoms with Gasteiger partial charge in [0.15, 0.2) is 0 Å². The summed E-state index contributed by atoms with van der Waals surface area (Å²) in [7, 11) is 1.59. The number of hydrogen-bond acceptors (Lipinski definition) is 8. The van der Waals surface area contributed by atoms with Crippen LogP contribution < -0.4 is 5.32 Å². The Morgan fingerprint density at radius 1 is 0.977 bits per heavy atom. The van der Waals surface area contributed by atoms with Crippen LogP contribution in [0.2, 0.25) is 0 Å². The van der Waals surface area contributed by atoms with E-state index < -0.39 is 0 Å². The Kier molecular flexibility index (Phi) is 7.22. The molecule has 10 nitrogen and oxygen atoms in total. The van der Waals surface area contributed by atoms with Crippen molar-refractivity contribution in [2.75, 3.05) is 25.5 Å². The fourth-order valence-corrected chi connectivity index (χ4v) is 5.59. The predicted molar refractivity (Wildman–Crippen MR) is 164 cm³/mol. The molecule has 3 aromatic heterocycles. The third-order valence-corrected chi connectivity index (χ3v) is 7.74. The second-order valence-corrected chi connectivity index (χ2v) is 10.7. The van der Waals surface area contributed by atoms with Gasteiger partial charge in [-0.3, -0.25) is 4.90 Å². The molecule has 0 atom stereocenters. The molecule has 1 fully saturated rings. The van der Waals surface area contributed by atoms with Crippen LogP contribution in [0.3, 0.4) is 0 Å². The summed E-state index contributed by atoms with van der Waals surface area (Å²) in [6.07, 6.45) is 7.36. The van der Waals surface area contributed by atoms with Crippen LogP contribution >= 0.6 is 0 Å². The van der Waals surface area contributed by atoms with Crippen molar-refractivity contribution in [2.45, 2.75) is 25.9 Å². The smallest absolute Gasteiger partial charge is 0.141 e. The SMILES string of the molecule is CON=C1CCN(Cc2cn(-c3ccc4ncnc(Nc5ccc6c(ccn6Cc6cccc(F)c6)c5)c4c3)nn2)CC1. The molecule has 6 aromatic rings. The summed E-state index contributed by atoms with van der Waals surface area (Å²) >= 11 is 0. The monoisotopic (exact) mass is 575 g/mol. The lowest BCUT2D eigenvalue weighted by Gasteiger charge is -2.26. The number of nitrogens with zero attached hydrogens (tertiary/aromatic N) is 8. The minimum atomic E-state index is -0.227. The van der Waals surface area contributed by atoms with E-state index in [1.54, 1.807) is 30.3 Å². The van der Waals surface area contributed by atoms with Crippen LogP contribution in [-0.4, -0.2) is 60.3 Å². The molecule has 1 saturated heterocycles. The maximum absolute atomic E-state index is 13.7. The first-order chi connectivity index (χ1) is 21.1. The van der Waals surface area contributed by atoms with E-state index in [0.29, 0.717) is 12.4 Å². The van der Waals surface area contributed by atoms with Crippen molar-refractivity contribution >= 4 is 39.0 Å². The summed E-state index contributed by atoms with van der Waals surface area (Å²) in [6, 6.07) is 20.9. The van der Waals surface area contributed by atoms with Crippen molar-refractivity contribution < 1.29 is 9.23 Å². The summed E-state index contributed by atoms with van der Waals surface area (Å²) in [6.45, 7) is 3.16. The molecule has 1 N–H and O–H groups in total. The van der Waals surface area contributed by atoms with Crippen LogP contribution in [-0.2, 0) is 17.9 Å². The average Bonchev–Trinajstić information content (AvgIpc) is 3.65. The number of piperidine rings is 1. The van der Waals surface area contributed by atoms with Gasteiger partial charge in [0.25, 0.3) is 0 Å². The Labute approximate surface area is 247 Å². The van der Waals surface area contributed by atoms with E-state index in [-0.39, 0.29) is 5.82 Å². The summed E-state index contributed by atoms with van der Waals surface area (Å²) in [4.78, 5) is 16.3. The maximum atomic E-state index is 13.7. The number of rotatable bonds is 8. The van der Waals surface area contributed by atoms with Gasteiger partial charge in [-0.1, -0.05) is 22.5 Å². The lowest BCUT2D eigenvalue weighted by molar-refractivity contribution is 0.204. The topological polar surface area (TPSA) is 98.3 Å². The van der Waals surface area contributed by atoms with Crippen molar-refractivity contribution in [2.24, 2.45) is 5.16 Å². The highest BCUT2D eigenvalue weighted by Gasteiger charge is 2.17. The van der Waals surface area contributed by atoms with E-state index in [1.165, 1.54) is 6.07 Å². The minimum Gasteiger partial charge on any atom is -0.399 e. The van der Waals surface area contributed by atoms with Crippen molar-refractivity contribution in [3.8, 4) is 5.69 Å². The van der Waals surface area contributed by atoms with Gasteiger partial charge in [0.1, 0.15) is 25.1 Å². The zero-order valence-corrected chi connectivity index (χ0v) is 23.7. The first-order valence-electron chi connectivity index (χ1n) is 14.2. The van der Waals surface area contributed by atoms with E-state index in [4.69, 9.17) is 4.84 Å². The van der Waals surface area contributed by atoms with Gasteiger partial charge >= 0.3 is 0 Å². The molecule has 0 radical (unpaired) electrons. The number of benzene rings is 3. The van der Waals surface area contributed by atoms with Gasteiger partial charge in [0, 0.05) is 67.2 Å². The molecule has 0 aliphatic carbocycles. The number of anilines is 2. The minimum absolute atomic E-state index is 0.227. The van der Waals surface area contributed by atoms with Crippen LogP contribution in [0, 0.1) is 5.82 Å². The molecule has 0 unspecified atom stereocenters. The van der Waals surface area contributed by atoms with Gasteiger partial charge < -0.3 is 14.7 Å². The molecular formula is C32H30FN9O. The highest BCUT2D eigenvalue weighted by molar-refractivity contribution is 5.93. The highest BCUT2D eigenvalue weighted by atomic mass is 19.1. The summed E-state index contributed by atoms with van der Waals surface area (Å²) in [5.41, 5.74) is 6.61. The van der Waals surface area contributed by atoms with Gasteiger partial charge in [-0.15, -0.1) is 5.10 Å². The third kappa shape index (κ3) is 5.80. The summed E-state index contributed by atoms with van der Waals surface area (Å²) in [5.74, 6) is 0.475. The van der Waals surface area contributed by atoms with E-state index in [9.17, 15) is 4.39 Å². The Morgan fingerprint density at radius 3 is 2.74 bits per heavy atom. The molecule has 0 saturated carbocycles. The molecule has 3 aromatic carbocycles. The fourth-order valence-electron chi connectivity index (χ4n) is 5.59. The number of oxime groups is 1. The Morgan fingerprint density at radius 2 is 1.88 bits per heavy atom. The molecule has 1 aliphatic rings. The molecule has 11 heteroatoms. The molecule has 0 spiro atoms. The van der Waals surface area contributed by atoms with Gasteiger partial charge in [-0.2, -0.15) is 0 Å². The lowest BCUT2D eigenvalue weighted by Crippen LogP contribution is -2.33. The van der Waals surface area contributed by atoms with Crippen LogP contribution in [0.5, 0.6) is 0 Å². The highest BCUT2D eigenvalue weighted by Crippen LogP contribution is 2.28. The molecule has 0 bridgehead atoms. The van der Waals surface area contributed by atoms with E-state index in [2.05, 4.69) is 58.4 Å². The fraction of sp³-hybridized carbons (Fsp3) is 0.219. The number of halogens is 1. The van der Waals surface area contributed by atoms with Gasteiger partial charge in [-0.05, 0) is 60.2 Å². The first-order valence-corrected chi connectivity index (χ1v) is 14.2. The molecule has 4 heterocycles. The Balaban J connectivity index is 1.09. The second-order valence-electron chi connectivity index (χ2n) is 10.7. The number of fused-ring (bicyclic) bond motifs is 2. The zero-order chi connectivity index (χ0) is 29.2. The van der Waals surface area contributed by atoms with Crippen LogP contribution in [0.4, 0.5) is 15.9 Å². The van der Waals surface area contributed by atoms with Crippen LogP contribution in [0.25, 0.3) is 27.5 Å². The number of nitrogens with one attached hydrogen (secondary N) is 1. The molecular weight excluding hydrogens is 545 g/mol. The van der Waals surface area contributed by atoms with Gasteiger partial charge in [0.05, 0.1) is 28.8 Å². The molecule has 1 aliphatic heterocycles. The number of likely N-dealkylation sites (tertiary alicyclic amines) is 1. The van der Waals surface area contributed by atoms with Crippen molar-refractivity contribution in [3.63, 3.8) is 0 Å². The zero-order valence-electron chi connectivity index (χ0n) is 23.7. The van der Waals surface area contributed by atoms with Crippen LogP contribution in [0.15, 0.2) is 90.6 Å². The van der Waals surface area contributed by atoms with Gasteiger partial charge in [0.2, 0.25) is 0 Å². The lowest BCUT2D eigenvalue weighted by atomic mass is 10.1. The molecule has 7 rings (SSSR count). The summed E-state index contributed by atoms with van der Waals surface area (Å²) < 4.78 is 17.6. The van der Waals surface area contributed by atoms with E-state index >= 15 is 0 Å². The van der Waals surface area contributed by atoms with Crippen molar-refractivity contribution in [3.05, 3.63) is 103 Å². The number of hydrogen-bond donors (Lipinski definition) is 1. The molecule has 43 heavy (non-hydrogen) atoms. The Bertz CT molecular complexity index is 1940. The van der Waals surface area contributed by atoms with E-state index in [1.807, 2.05) is 42.7 Å². The maximum Gasteiger partial charge on any atom is 0.141 e. The summed E-state index contributed by atoms with van der Waals surface area (Å²) in [5, 5.41) is 18.3. The molecule has 0 amide bonds. The van der Waals surface area contributed by atoms with Gasteiger partial charge in [-0.25, -0.2) is 19.0 Å². The van der Waals surface area contributed by atoms with E-state index in [0.717, 1.165) is 82.6 Å². The largest absolute Gasteiger partial charge is 0.399 e. The third-order valence-electron chi connectivity index (χ3n) is 7.74. The standard InChI is InChI=1S/C32H30FN9O/c1-43-38-25-10-12-40(13-11-25)19-27-20-42(39-37-27)28-6-7-30-29(17-28)32(35-21-34-30)36-26-5-8-31-23(16-26)9-14-41(31)18-22-3-2-4-24(33)15-22/h2-9,14-17,20-21H,10-13,18-19H2,1H3,(H,34,35,36). The first kappa shape index (κ1) is 26.7.